The number of aryl methyl sites for hydroxylation is 2. The van der Waals surface area contributed by atoms with Crippen LogP contribution in [0.3, 0.4) is 0 Å². The second-order valence-electron chi connectivity index (χ2n) is 4.10. The van der Waals surface area contributed by atoms with E-state index in [1.807, 2.05) is 32.0 Å². The smallest absolute Gasteiger partial charge is 0.204 e. The number of hydrogen-bond donors (Lipinski definition) is 1. The van der Waals surface area contributed by atoms with Crippen LogP contribution >= 0.6 is 24.2 Å². The molecular formula is C13H13ClN2OS. The highest BCUT2D eigenvalue weighted by molar-refractivity contribution is 7.79. The topological polar surface area (TPSA) is 34.9 Å². The van der Waals surface area contributed by atoms with Crippen molar-refractivity contribution in [2.75, 3.05) is 0 Å². The van der Waals surface area contributed by atoms with Gasteiger partial charge in [0, 0.05) is 22.5 Å². The summed E-state index contributed by atoms with van der Waals surface area (Å²) in [7, 11) is 0. The molecule has 0 radical (unpaired) electrons. The number of aromatic nitrogens is 2. The van der Waals surface area contributed by atoms with Gasteiger partial charge in [0.2, 0.25) is 5.43 Å². The maximum atomic E-state index is 11.6. The third-order valence-corrected chi connectivity index (χ3v) is 3.44. The van der Waals surface area contributed by atoms with Crippen molar-refractivity contribution >= 4 is 24.2 Å². The zero-order valence-corrected chi connectivity index (χ0v) is 11.8. The number of benzene rings is 1. The second kappa shape index (κ2) is 5.16. The Bertz CT molecular complexity index is 652. The Morgan fingerprint density at radius 3 is 2.67 bits per heavy atom. The van der Waals surface area contributed by atoms with Crippen molar-refractivity contribution < 1.29 is 0 Å². The number of nitrogens with zero attached hydrogens (tertiary/aromatic N) is 2. The lowest BCUT2D eigenvalue weighted by Crippen LogP contribution is -2.17. The molecule has 0 bridgehead atoms. The SMILES string of the molecule is Cc1ccc(-n2nc(CS)c(=O)cc2C)cc1Cl. The highest BCUT2D eigenvalue weighted by atomic mass is 35.5. The van der Waals surface area contributed by atoms with Gasteiger partial charge in [-0.2, -0.15) is 17.7 Å². The monoisotopic (exact) mass is 280 g/mol. The molecule has 0 N–H and O–H groups in total. The van der Waals surface area contributed by atoms with Gasteiger partial charge in [0.25, 0.3) is 0 Å². The number of thiol groups is 1. The van der Waals surface area contributed by atoms with Gasteiger partial charge >= 0.3 is 0 Å². The highest BCUT2D eigenvalue weighted by Crippen LogP contribution is 2.19. The van der Waals surface area contributed by atoms with Gasteiger partial charge in [0.05, 0.1) is 5.69 Å². The second-order valence-corrected chi connectivity index (χ2v) is 4.82. The van der Waals surface area contributed by atoms with Gasteiger partial charge in [-0.1, -0.05) is 17.7 Å². The van der Waals surface area contributed by atoms with E-state index >= 15 is 0 Å². The van der Waals surface area contributed by atoms with Crippen LogP contribution in [0.5, 0.6) is 0 Å². The van der Waals surface area contributed by atoms with Crippen LogP contribution in [0.2, 0.25) is 5.02 Å². The van der Waals surface area contributed by atoms with Crippen molar-refractivity contribution in [3.63, 3.8) is 0 Å². The van der Waals surface area contributed by atoms with E-state index in [9.17, 15) is 4.79 Å². The fourth-order valence-electron chi connectivity index (χ4n) is 1.67. The van der Waals surface area contributed by atoms with Crippen molar-refractivity contribution in [2.24, 2.45) is 0 Å². The molecule has 94 valence electrons. The van der Waals surface area contributed by atoms with Crippen molar-refractivity contribution in [2.45, 2.75) is 19.6 Å². The minimum Gasteiger partial charge on any atom is -0.288 e. The Balaban J connectivity index is 2.63. The molecule has 0 aliphatic heterocycles. The molecule has 0 fully saturated rings. The molecule has 0 unspecified atom stereocenters. The fourth-order valence-corrected chi connectivity index (χ4v) is 2.06. The van der Waals surface area contributed by atoms with Crippen LogP contribution in [0.4, 0.5) is 0 Å². The van der Waals surface area contributed by atoms with E-state index in [2.05, 4.69) is 17.7 Å². The molecule has 1 aromatic heterocycles. The Kier molecular flexibility index (Phi) is 3.78. The molecule has 0 spiro atoms. The highest BCUT2D eigenvalue weighted by Gasteiger charge is 2.07. The summed E-state index contributed by atoms with van der Waals surface area (Å²) in [6, 6.07) is 7.25. The van der Waals surface area contributed by atoms with Gasteiger partial charge in [-0.05, 0) is 31.5 Å². The van der Waals surface area contributed by atoms with Gasteiger partial charge in [0.1, 0.15) is 5.69 Å². The van der Waals surface area contributed by atoms with Crippen LogP contribution in [0, 0.1) is 13.8 Å². The van der Waals surface area contributed by atoms with Gasteiger partial charge in [-0.15, -0.1) is 0 Å². The standard InChI is InChI=1S/C13H13ClN2OS/c1-8-3-4-10(6-11(8)14)16-9(2)5-13(17)12(7-18)15-16/h3-6,18H,7H2,1-2H3. The fraction of sp³-hybridized carbons (Fsp3) is 0.231. The zero-order valence-electron chi connectivity index (χ0n) is 10.1. The first-order valence-electron chi connectivity index (χ1n) is 5.50. The molecule has 0 saturated carbocycles. The van der Waals surface area contributed by atoms with Crippen LogP contribution in [-0.2, 0) is 5.75 Å². The third kappa shape index (κ3) is 2.44. The lowest BCUT2D eigenvalue weighted by molar-refractivity contribution is 0.774. The molecule has 2 rings (SSSR count). The summed E-state index contributed by atoms with van der Waals surface area (Å²) in [5, 5.41) is 4.98. The summed E-state index contributed by atoms with van der Waals surface area (Å²) >= 11 is 10.2. The van der Waals surface area contributed by atoms with Crippen LogP contribution < -0.4 is 5.43 Å². The predicted molar refractivity (Wildman–Crippen MR) is 77.0 cm³/mol. The maximum absolute atomic E-state index is 11.6. The molecule has 5 heteroatoms. The van der Waals surface area contributed by atoms with E-state index in [0.29, 0.717) is 16.5 Å². The number of halogens is 1. The number of hydrogen-bond acceptors (Lipinski definition) is 3. The lowest BCUT2D eigenvalue weighted by atomic mass is 10.2. The van der Waals surface area contributed by atoms with Gasteiger partial charge in [-0.3, -0.25) is 4.79 Å². The summed E-state index contributed by atoms with van der Waals surface area (Å²) in [4.78, 5) is 11.6. The molecule has 1 heterocycles. The van der Waals surface area contributed by atoms with E-state index in [4.69, 9.17) is 11.6 Å². The van der Waals surface area contributed by atoms with Crippen molar-refractivity contribution in [1.29, 1.82) is 0 Å². The average molecular weight is 281 g/mol. The molecule has 0 aliphatic carbocycles. The molecule has 18 heavy (non-hydrogen) atoms. The summed E-state index contributed by atoms with van der Waals surface area (Å²) in [5.74, 6) is 0.318. The first-order chi connectivity index (χ1) is 8.52. The van der Waals surface area contributed by atoms with Crippen molar-refractivity contribution in [3.05, 3.63) is 56.5 Å². The summed E-state index contributed by atoms with van der Waals surface area (Å²) in [5.41, 5.74) is 2.96. The molecule has 0 amide bonds. The molecular weight excluding hydrogens is 268 g/mol. The lowest BCUT2D eigenvalue weighted by Gasteiger charge is -2.11. The predicted octanol–water partition coefficient (Wildman–Crippen LogP) is 2.93. The Labute approximate surface area is 116 Å². The van der Waals surface area contributed by atoms with Crippen LogP contribution in [-0.4, -0.2) is 9.78 Å². The minimum atomic E-state index is -0.0861. The Morgan fingerprint density at radius 1 is 1.33 bits per heavy atom. The molecule has 2 aromatic rings. The van der Waals surface area contributed by atoms with E-state index < -0.39 is 0 Å². The minimum absolute atomic E-state index is 0.0861. The van der Waals surface area contributed by atoms with Crippen molar-refractivity contribution in [3.8, 4) is 5.69 Å². The van der Waals surface area contributed by atoms with Gasteiger partial charge in [0.15, 0.2) is 0 Å². The van der Waals surface area contributed by atoms with Gasteiger partial charge < -0.3 is 0 Å². The largest absolute Gasteiger partial charge is 0.288 e. The average Bonchev–Trinajstić information content (AvgIpc) is 2.33. The Hall–Kier alpha value is -1.26. The first-order valence-corrected chi connectivity index (χ1v) is 6.51. The van der Waals surface area contributed by atoms with Crippen LogP contribution in [0.25, 0.3) is 5.69 Å². The van der Waals surface area contributed by atoms with E-state index in [0.717, 1.165) is 16.9 Å². The number of rotatable bonds is 2. The van der Waals surface area contributed by atoms with Crippen LogP contribution in [0.15, 0.2) is 29.1 Å². The maximum Gasteiger partial charge on any atom is 0.204 e. The van der Waals surface area contributed by atoms with Crippen LogP contribution in [0.1, 0.15) is 17.0 Å². The molecule has 3 nitrogen and oxygen atoms in total. The Morgan fingerprint density at radius 2 is 2.06 bits per heavy atom. The van der Waals surface area contributed by atoms with Crippen molar-refractivity contribution in [1.82, 2.24) is 9.78 Å². The summed E-state index contributed by atoms with van der Waals surface area (Å²) < 4.78 is 1.71. The normalized spacial score (nSPS) is 10.7. The molecule has 0 aliphatic rings. The first kappa shape index (κ1) is 13.2. The third-order valence-electron chi connectivity index (χ3n) is 2.73. The summed E-state index contributed by atoms with van der Waals surface area (Å²) in [6.45, 7) is 3.78. The van der Waals surface area contributed by atoms with E-state index in [1.165, 1.54) is 0 Å². The molecule has 0 atom stereocenters. The van der Waals surface area contributed by atoms with E-state index in [-0.39, 0.29) is 5.43 Å². The quantitative estimate of drug-likeness (QED) is 0.859. The zero-order chi connectivity index (χ0) is 13.3. The molecule has 1 aromatic carbocycles. The summed E-state index contributed by atoms with van der Waals surface area (Å²) in [6.07, 6.45) is 0. The molecule has 0 saturated heterocycles. The van der Waals surface area contributed by atoms with E-state index in [1.54, 1.807) is 10.7 Å². The van der Waals surface area contributed by atoms with Gasteiger partial charge in [-0.25, -0.2) is 4.68 Å².